The Bertz CT molecular complexity index is 701. The van der Waals surface area contributed by atoms with E-state index in [1.165, 1.54) is 11.8 Å². The predicted octanol–water partition coefficient (Wildman–Crippen LogP) is 3.48. The molecule has 23 heavy (non-hydrogen) atoms. The summed E-state index contributed by atoms with van der Waals surface area (Å²) in [5, 5.41) is -0.493. The second kappa shape index (κ2) is 6.35. The Hall–Kier alpha value is -1.22. The Balaban J connectivity index is 2.43. The molecule has 0 saturated carbocycles. The average molecular weight is 367 g/mol. The van der Waals surface area contributed by atoms with E-state index in [1.807, 2.05) is 13.8 Å². The first-order chi connectivity index (χ1) is 10.5. The smallest absolute Gasteiger partial charge is 0.274 e. The number of amides is 1. The van der Waals surface area contributed by atoms with Crippen LogP contribution in [0, 0.1) is 0 Å². The van der Waals surface area contributed by atoms with Gasteiger partial charge in [0.15, 0.2) is 0 Å². The second-order valence-corrected chi connectivity index (χ2v) is 8.97. The standard InChI is InChI=1S/C14H16F3NO3S2/c1-9(2)22-13-7-6-12(19)18(13)23(20,21)11-5-3-4-10(8-11)14(15,16)17/h3-5,8-9,13H,6-7H2,1-2H3. The summed E-state index contributed by atoms with van der Waals surface area (Å²) < 4.78 is 64.3. The van der Waals surface area contributed by atoms with Gasteiger partial charge in [0.1, 0.15) is 0 Å². The van der Waals surface area contributed by atoms with Crippen LogP contribution in [-0.2, 0) is 21.0 Å². The van der Waals surface area contributed by atoms with Gasteiger partial charge in [-0.05, 0) is 24.6 Å². The molecule has 1 heterocycles. The maximum Gasteiger partial charge on any atom is 0.416 e. The zero-order valence-corrected chi connectivity index (χ0v) is 14.1. The average Bonchev–Trinajstić information content (AvgIpc) is 2.78. The Morgan fingerprint density at radius 3 is 2.52 bits per heavy atom. The van der Waals surface area contributed by atoms with Crippen LogP contribution in [0.2, 0.25) is 0 Å². The van der Waals surface area contributed by atoms with Crippen molar-refractivity contribution in [1.82, 2.24) is 4.31 Å². The molecular formula is C14H16F3NO3S2. The third-order valence-corrected chi connectivity index (χ3v) is 6.52. The molecular weight excluding hydrogens is 351 g/mol. The number of thioether (sulfide) groups is 1. The molecule has 0 spiro atoms. The third kappa shape index (κ3) is 3.82. The molecule has 1 amide bonds. The fourth-order valence-corrected chi connectivity index (χ4v) is 5.44. The van der Waals surface area contributed by atoms with Gasteiger partial charge in [0.25, 0.3) is 10.0 Å². The molecule has 0 aliphatic carbocycles. The Kier molecular flexibility index (Phi) is 5.00. The normalized spacial score (nSPS) is 19.7. The fraction of sp³-hybridized carbons (Fsp3) is 0.500. The number of sulfonamides is 1. The van der Waals surface area contributed by atoms with Crippen molar-refractivity contribution < 1.29 is 26.4 Å². The number of hydrogen-bond acceptors (Lipinski definition) is 4. The van der Waals surface area contributed by atoms with Crippen LogP contribution < -0.4 is 0 Å². The molecule has 1 saturated heterocycles. The van der Waals surface area contributed by atoms with Crippen molar-refractivity contribution in [1.29, 1.82) is 0 Å². The van der Waals surface area contributed by atoms with Gasteiger partial charge in [-0.2, -0.15) is 13.2 Å². The maximum absolute atomic E-state index is 12.8. The number of alkyl halides is 3. The van der Waals surface area contributed by atoms with Crippen molar-refractivity contribution in [2.24, 2.45) is 0 Å². The number of rotatable bonds is 4. The largest absolute Gasteiger partial charge is 0.416 e. The molecule has 1 atom stereocenters. The van der Waals surface area contributed by atoms with Crippen LogP contribution in [0.15, 0.2) is 29.2 Å². The van der Waals surface area contributed by atoms with Crippen LogP contribution in [0.3, 0.4) is 0 Å². The zero-order valence-electron chi connectivity index (χ0n) is 12.5. The lowest BCUT2D eigenvalue weighted by Gasteiger charge is -2.25. The lowest BCUT2D eigenvalue weighted by atomic mass is 10.2. The van der Waals surface area contributed by atoms with Gasteiger partial charge < -0.3 is 0 Å². The first-order valence-electron chi connectivity index (χ1n) is 6.93. The highest BCUT2D eigenvalue weighted by Crippen LogP contribution is 2.37. The molecule has 1 unspecified atom stereocenters. The van der Waals surface area contributed by atoms with E-state index in [4.69, 9.17) is 0 Å². The van der Waals surface area contributed by atoms with Crippen molar-refractivity contribution in [3.8, 4) is 0 Å². The van der Waals surface area contributed by atoms with Crippen molar-refractivity contribution in [2.45, 2.75) is 48.4 Å². The lowest BCUT2D eigenvalue weighted by molar-refractivity contribution is -0.137. The number of halogens is 3. The minimum Gasteiger partial charge on any atom is -0.274 e. The summed E-state index contributed by atoms with van der Waals surface area (Å²) in [6, 6.07) is 3.47. The lowest BCUT2D eigenvalue weighted by Crippen LogP contribution is -2.37. The van der Waals surface area contributed by atoms with Gasteiger partial charge in [-0.1, -0.05) is 19.9 Å². The monoisotopic (exact) mass is 367 g/mol. The summed E-state index contributed by atoms with van der Waals surface area (Å²) in [6.07, 6.45) is -4.21. The van der Waals surface area contributed by atoms with Crippen molar-refractivity contribution in [3.63, 3.8) is 0 Å². The van der Waals surface area contributed by atoms with E-state index in [9.17, 15) is 26.4 Å². The Morgan fingerprint density at radius 2 is 1.96 bits per heavy atom. The predicted molar refractivity (Wildman–Crippen MR) is 81.2 cm³/mol. The van der Waals surface area contributed by atoms with E-state index in [2.05, 4.69) is 0 Å². The van der Waals surface area contributed by atoms with E-state index >= 15 is 0 Å². The van der Waals surface area contributed by atoms with Crippen molar-refractivity contribution in [3.05, 3.63) is 29.8 Å². The first-order valence-corrected chi connectivity index (χ1v) is 9.32. The highest BCUT2D eigenvalue weighted by atomic mass is 32.2. The van der Waals surface area contributed by atoms with Gasteiger partial charge in [-0.3, -0.25) is 4.79 Å². The summed E-state index contributed by atoms with van der Waals surface area (Å²) >= 11 is 1.31. The molecule has 1 aliphatic heterocycles. The molecule has 9 heteroatoms. The van der Waals surface area contributed by atoms with Gasteiger partial charge in [0, 0.05) is 11.7 Å². The van der Waals surface area contributed by atoms with Crippen LogP contribution >= 0.6 is 11.8 Å². The molecule has 128 valence electrons. The van der Waals surface area contributed by atoms with Gasteiger partial charge in [0.05, 0.1) is 15.8 Å². The van der Waals surface area contributed by atoms with Crippen LogP contribution in [0.4, 0.5) is 13.2 Å². The number of carbonyl (C=O) groups excluding carboxylic acids is 1. The van der Waals surface area contributed by atoms with Crippen LogP contribution in [-0.4, -0.2) is 29.3 Å². The molecule has 1 aromatic rings. The SMILES string of the molecule is CC(C)SC1CCC(=O)N1S(=O)(=O)c1cccc(C(F)(F)F)c1. The van der Waals surface area contributed by atoms with Gasteiger partial charge in [0.2, 0.25) is 5.91 Å². The molecule has 0 bridgehead atoms. The number of benzene rings is 1. The summed E-state index contributed by atoms with van der Waals surface area (Å²) in [6.45, 7) is 3.73. The molecule has 1 aliphatic rings. The highest BCUT2D eigenvalue weighted by Gasteiger charge is 2.42. The van der Waals surface area contributed by atoms with Crippen LogP contribution in [0.1, 0.15) is 32.3 Å². The Labute approximate surface area is 137 Å². The summed E-state index contributed by atoms with van der Waals surface area (Å²) in [5.74, 6) is -0.583. The molecule has 1 aromatic carbocycles. The van der Waals surface area contributed by atoms with Crippen molar-refractivity contribution in [2.75, 3.05) is 0 Å². The first kappa shape index (κ1) is 18.1. The molecule has 0 aromatic heterocycles. The quantitative estimate of drug-likeness (QED) is 0.818. The van der Waals surface area contributed by atoms with E-state index in [0.29, 0.717) is 12.5 Å². The molecule has 4 nitrogen and oxygen atoms in total. The third-order valence-electron chi connectivity index (χ3n) is 3.26. The van der Waals surface area contributed by atoms with Gasteiger partial charge >= 0.3 is 6.18 Å². The highest BCUT2D eigenvalue weighted by molar-refractivity contribution is 8.01. The van der Waals surface area contributed by atoms with Gasteiger partial charge in [-0.15, -0.1) is 11.8 Å². The van der Waals surface area contributed by atoms with Crippen molar-refractivity contribution >= 4 is 27.7 Å². The fourth-order valence-electron chi connectivity index (χ4n) is 2.31. The maximum atomic E-state index is 12.8. The minimum absolute atomic E-state index is 0.0720. The zero-order chi connectivity index (χ0) is 17.4. The molecule has 1 fully saturated rings. The van der Waals surface area contributed by atoms with E-state index in [0.717, 1.165) is 22.5 Å². The topological polar surface area (TPSA) is 54.5 Å². The minimum atomic E-state index is -4.65. The summed E-state index contributed by atoms with van der Waals surface area (Å²) in [7, 11) is -4.30. The van der Waals surface area contributed by atoms with E-state index in [1.54, 1.807) is 0 Å². The van der Waals surface area contributed by atoms with E-state index < -0.39 is 37.9 Å². The van der Waals surface area contributed by atoms with E-state index in [-0.39, 0.29) is 11.7 Å². The number of hydrogen-bond donors (Lipinski definition) is 0. The van der Waals surface area contributed by atoms with Crippen LogP contribution in [0.25, 0.3) is 0 Å². The second-order valence-electron chi connectivity index (χ2n) is 5.40. The molecule has 0 radical (unpaired) electrons. The number of nitrogens with zero attached hydrogens (tertiary/aromatic N) is 1. The van der Waals surface area contributed by atoms with Crippen LogP contribution in [0.5, 0.6) is 0 Å². The summed E-state index contributed by atoms with van der Waals surface area (Å²) in [5.41, 5.74) is -1.06. The van der Waals surface area contributed by atoms with Gasteiger partial charge in [-0.25, -0.2) is 12.7 Å². The summed E-state index contributed by atoms with van der Waals surface area (Å²) in [4.78, 5) is 11.5. The molecule has 2 rings (SSSR count). The Morgan fingerprint density at radius 1 is 1.30 bits per heavy atom. The number of carbonyl (C=O) groups is 1. The molecule has 0 N–H and O–H groups in total.